The van der Waals surface area contributed by atoms with E-state index in [1.807, 2.05) is 25.2 Å². The Morgan fingerprint density at radius 2 is 2.00 bits per heavy atom. The van der Waals surface area contributed by atoms with Gasteiger partial charge in [-0.15, -0.1) is 0 Å². The fourth-order valence-electron chi connectivity index (χ4n) is 3.11. The minimum absolute atomic E-state index is 0.0372. The van der Waals surface area contributed by atoms with Crippen LogP contribution in [0.5, 0.6) is 0 Å². The molecule has 5 nitrogen and oxygen atoms in total. The van der Waals surface area contributed by atoms with Crippen LogP contribution in [0.25, 0.3) is 0 Å². The molecule has 3 N–H and O–H groups in total. The molecule has 126 valence electrons. The molecule has 0 radical (unpaired) electrons. The molecule has 2 aliphatic rings. The SMILES string of the molecule is CC(=O)NC1C(Br)CC2CC1NC2=O.CNCc1ccccc1. The van der Waals surface area contributed by atoms with Gasteiger partial charge in [0.25, 0.3) is 0 Å². The smallest absolute Gasteiger partial charge is 0.223 e. The Labute approximate surface area is 145 Å². The van der Waals surface area contributed by atoms with Crippen LogP contribution in [0.15, 0.2) is 30.3 Å². The van der Waals surface area contributed by atoms with Gasteiger partial charge < -0.3 is 16.0 Å². The second kappa shape index (κ2) is 8.45. The molecular weight excluding hydrogens is 358 g/mol. The average molecular weight is 382 g/mol. The number of hydrogen-bond donors (Lipinski definition) is 3. The lowest BCUT2D eigenvalue weighted by atomic mass is 9.86. The van der Waals surface area contributed by atoms with Crippen molar-refractivity contribution >= 4 is 27.7 Å². The fraction of sp³-hybridized carbons (Fsp3) is 0.529. The summed E-state index contributed by atoms with van der Waals surface area (Å²) in [7, 11) is 1.95. The average Bonchev–Trinajstić information content (AvgIpc) is 2.82. The largest absolute Gasteiger partial charge is 0.351 e. The maximum Gasteiger partial charge on any atom is 0.223 e. The van der Waals surface area contributed by atoms with Crippen LogP contribution >= 0.6 is 15.9 Å². The second-order valence-electron chi connectivity index (χ2n) is 6.04. The van der Waals surface area contributed by atoms with Gasteiger partial charge in [0.15, 0.2) is 0 Å². The molecule has 2 bridgehead atoms. The molecule has 1 heterocycles. The molecule has 1 aliphatic carbocycles. The van der Waals surface area contributed by atoms with Crippen molar-refractivity contribution in [3.8, 4) is 0 Å². The van der Waals surface area contributed by atoms with E-state index < -0.39 is 0 Å². The number of fused-ring (bicyclic) bond motifs is 2. The van der Waals surface area contributed by atoms with E-state index in [0.29, 0.717) is 0 Å². The van der Waals surface area contributed by atoms with Crippen LogP contribution in [0.4, 0.5) is 0 Å². The van der Waals surface area contributed by atoms with Crippen molar-refractivity contribution in [2.75, 3.05) is 7.05 Å². The first-order chi connectivity index (χ1) is 11.0. The summed E-state index contributed by atoms with van der Waals surface area (Å²) in [6.45, 7) is 2.46. The zero-order chi connectivity index (χ0) is 16.8. The Morgan fingerprint density at radius 1 is 1.30 bits per heavy atom. The zero-order valence-corrected chi connectivity index (χ0v) is 15.1. The van der Waals surface area contributed by atoms with Crippen LogP contribution in [-0.2, 0) is 16.1 Å². The standard InChI is InChI=1S/C9H13BrN2O2.C8H11N/c1-4(13)11-8-6(10)2-5-3-7(8)12-9(5)14;1-9-7-8-5-3-2-4-6-8/h5-8H,2-3H2,1H3,(H,11,13)(H,12,14);2-6,9H,7H2,1H3. The fourth-order valence-corrected chi connectivity index (χ4v) is 4.06. The Bertz CT molecular complexity index is 538. The number of carbonyl (C=O) groups excluding carboxylic acids is 2. The van der Waals surface area contributed by atoms with Crippen molar-refractivity contribution in [1.82, 2.24) is 16.0 Å². The van der Waals surface area contributed by atoms with Gasteiger partial charge in [-0.25, -0.2) is 0 Å². The highest BCUT2D eigenvalue weighted by Crippen LogP contribution is 2.34. The molecule has 4 atom stereocenters. The summed E-state index contributed by atoms with van der Waals surface area (Å²) >= 11 is 3.52. The van der Waals surface area contributed by atoms with Gasteiger partial charge >= 0.3 is 0 Å². The van der Waals surface area contributed by atoms with Crippen LogP contribution in [0, 0.1) is 5.92 Å². The maximum absolute atomic E-state index is 11.4. The number of hydrogen-bond acceptors (Lipinski definition) is 3. The van der Waals surface area contributed by atoms with Crippen LogP contribution in [-0.4, -0.2) is 35.8 Å². The Morgan fingerprint density at radius 3 is 2.61 bits per heavy atom. The van der Waals surface area contributed by atoms with E-state index in [2.05, 4.69) is 44.0 Å². The molecule has 2 fully saturated rings. The first kappa shape index (κ1) is 17.9. The van der Waals surface area contributed by atoms with Crippen LogP contribution < -0.4 is 16.0 Å². The minimum Gasteiger partial charge on any atom is -0.351 e. The molecule has 1 saturated carbocycles. The summed E-state index contributed by atoms with van der Waals surface area (Å²) in [5.74, 6) is 0.223. The molecule has 1 aliphatic heterocycles. The van der Waals surface area contributed by atoms with Crippen LogP contribution in [0.2, 0.25) is 0 Å². The molecule has 6 heteroatoms. The van der Waals surface area contributed by atoms with E-state index in [9.17, 15) is 9.59 Å². The normalized spacial score (nSPS) is 28.4. The van der Waals surface area contributed by atoms with E-state index in [4.69, 9.17) is 0 Å². The van der Waals surface area contributed by atoms with Gasteiger partial charge in [0.05, 0.1) is 12.1 Å². The first-order valence-corrected chi connectivity index (χ1v) is 8.83. The summed E-state index contributed by atoms with van der Waals surface area (Å²) in [4.78, 5) is 22.6. The van der Waals surface area contributed by atoms with Crippen LogP contribution in [0.1, 0.15) is 25.3 Å². The van der Waals surface area contributed by atoms with E-state index in [1.54, 1.807) is 0 Å². The number of rotatable bonds is 3. The molecule has 1 aromatic carbocycles. The van der Waals surface area contributed by atoms with Gasteiger partial charge in [0.1, 0.15) is 0 Å². The summed E-state index contributed by atoms with van der Waals surface area (Å²) in [6, 6.07) is 10.5. The highest BCUT2D eigenvalue weighted by Gasteiger charge is 2.45. The summed E-state index contributed by atoms with van der Waals surface area (Å²) in [5, 5.41) is 8.88. The highest BCUT2D eigenvalue weighted by atomic mass is 79.9. The number of carbonyl (C=O) groups is 2. The minimum atomic E-state index is -0.0425. The molecule has 4 unspecified atom stereocenters. The predicted octanol–water partition coefficient (Wildman–Crippen LogP) is 1.57. The highest BCUT2D eigenvalue weighted by molar-refractivity contribution is 9.09. The van der Waals surface area contributed by atoms with Crippen molar-refractivity contribution in [2.24, 2.45) is 5.92 Å². The van der Waals surface area contributed by atoms with Gasteiger partial charge in [-0.2, -0.15) is 0 Å². The molecule has 2 amide bonds. The van der Waals surface area contributed by atoms with Gasteiger partial charge in [0, 0.05) is 24.2 Å². The number of amides is 2. The third-order valence-corrected chi connectivity index (χ3v) is 5.11. The van der Waals surface area contributed by atoms with Crippen molar-refractivity contribution in [1.29, 1.82) is 0 Å². The van der Waals surface area contributed by atoms with E-state index in [1.165, 1.54) is 12.5 Å². The van der Waals surface area contributed by atoms with Crippen molar-refractivity contribution in [2.45, 2.75) is 43.2 Å². The first-order valence-electron chi connectivity index (χ1n) is 7.91. The Hall–Kier alpha value is -1.40. The van der Waals surface area contributed by atoms with Gasteiger partial charge in [-0.3, -0.25) is 9.59 Å². The Balaban J connectivity index is 0.000000185. The van der Waals surface area contributed by atoms with Gasteiger partial charge in [-0.1, -0.05) is 46.3 Å². The lowest BCUT2D eigenvalue weighted by Crippen LogP contribution is -2.52. The number of nitrogens with one attached hydrogen (secondary N) is 3. The van der Waals surface area contributed by atoms with E-state index >= 15 is 0 Å². The van der Waals surface area contributed by atoms with Crippen LogP contribution in [0.3, 0.4) is 0 Å². The zero-order valence-electron chi connectivity index (χ0n) is 13.5. The summed E-state index contributed by atoms with van der Waals surface area (Å²) < 4.78 is 0. The molecule has 23 heavy (non-hydrogen) atoms. The quantitative estimate of drug-likeness (QED) is 0.696. The van der Waals surface area contributed by atoms with Crippen molar-refractivity contribution in [3.63, 3.8) is 0 Å². The van der Waals surface area contributed by atoms with Gasteiger partial charge in [0.2, 0.25) is 11.8 Å². The number of halogens is 1. The second-order valence-corrected chi connectivity index (χ2v) is 7.22. The molecular formula is C17H24BrN3O2. The molecule has 0 aromatic heterocycles. The Kier molecular flexibility index (Phi) is 6.59. The van der Waals surface area contributed by atoms with Crippen molar-refractivity contribution in [3.05, 3.63) is 35.9 Å². The third kappa shape index (κ3) is 5.04. The maximum atomic E-state index is 11.4. The van der Waals surface area contributed by atoms with Crippen molar-refractivity contribution < 1.29 is 9.59 Å². The summed E-state index contributed by atoms with van der Waals surface area (Å²) in [6.07, 6.45) is 1.67. The monoisotopic (exact) mass is 381 g/mol. The molecule has 1 aromatic rings. The number of alkyl halides is 1. The topological polar surface area (TPSA) is 70.2 Å². The van der Waals surface area contributed by atoms with E-state index in [-0.39, 0.29) is 34.6 Å². The summed E-state index contributed by atoms with van der Waals surface area (Å²) in [5.41, 5.74) is 1.33. The lowest BCUT2D eigenvalue weighted by Gasteiger charge is -2.32. The molecule has 1 saturated heterocycles. The molecule has 0 spiro atoms. The lowest BCUT2D eigenvalue weighted by molar-refractivity contribution is -0.122. The van der Waals surface area contributed by atoms with Gasteiger partial charge in [-0.05, 0) is 25.5 Å². The third-order valence-electron chi connectivity index (χ3n) is 4.16. The van der Waals surface area contributed by atoms with E-state index in [0.717, 1.165) is 19.4 Å². The predicted molar refractivity (Wildman–Crippen MR) is 94.2 cm³/mol. The number of benzene rings is 1. The molecule has 3 rings (SSSR count).